The van der Waals surface area contributed by atoms with Crippen LogP contribution in [0.25, 0.3) is 0 Å². The Kier molecular flexibility index (Phi) is 8.76. The minimum atomic E-state index is -3.66. The highest BCUT2D eigenvalue weighted by Gasteiger charge is 2.23. The lowest BCUT2D eigenvalue weighted by atomic mass is 10.1. The molecule has 0 saturated heterocycles. The van der Waals surface area contributed by atoms with Crippen molar-refractivity contribution >= 4 is 28.3 Å². The van der Waals surface area contributed by atoms with Crippen LogP contribution in [0.3, 0.4) is 0 Å². The third-order valence-corrected chi connectivity index (χ3v) is 5.45. The van der Waals surface area contributed by atoms with Crippen molar-refractivity contribution in [3.63, 3.8) is 0 Å². The summed E-state index contributed by atoms with van der Waals surface area (Å²) in [6, 6.07) is 5.09. The number of hydrogen-bond acceptors (Lipinski definition) is 4. The highest BCUT2D eigenvalue weighted by molar-refractivity contribution is 7.89. The number of sulfonamides is 1. The number of nitrogens with one attached hydrogen (secondary N) is 2. The maximum atomic E-state index is 12.5. The molecular weight excluding hydrogens is 338 g/mol. The van der Waals surface area contributed by atoms with Crippen LogP contribution in [-0.2, 0) is 14.8 Å². The highest BCUT2D eigenvalue weighted by atomic mass is 35.5. The molecule has 1 unspecified atom stereocenters. The Balaban J connectivity index is 0.00000484. The third kappa shape index (κ3) is 6.10. The van der Waals surface area contributed by atoms with Gasteiger partial charge in [-0.05, 0) is 51.1 Å². The summed E-state index contributed by atoms with van der Waals surface area (Å²) in [5.74, 6) is -0.322. The fourth-order valence-electron chi connectivity index (χ4n) is 1.77. The van der Waals surface area contributed by atoms with Crippen LogP contribution in [0.15, 0.2) is 23.1 Å². The van der Waals surface area contributed by atoms with Crippen molar-refractivity contribution in [3.8, 4) is 0 Å². The molecule has 0 heterocycles. The Morgan fingerprint density at radius 2 is 1.87 bits per heavy atom. The summed E-state index contributed by atoms with van der Waals surface area (Å²) in [4.78, 5) is 12.0. The lowest BCUT2D eigenvalue weighted by molar-refractivity contribution is -0.121. The van der Waals surface area contributed by atoms with E-state index in [-0.39, 0.29) is 35.8 Å². The maximum absolute atomic E-state index is 12.5. The van der Waals surface area contributed by atoms with E-state index in [1.54, 1.807) is 25.2 Å². The minimum Gasteiger partial charge on any atom is -0.353 e. The number of halogens is 1. The van der Waals surface area contributed by atoms with Crippen LogP contribution in [0.4, 0.5) is 0 Å². The fourth-order valence-corrected chi connectivity index (χ4v) is 2.98. The van der Waals surface area contributed by atoms with Crippen LogP contribution < -0.4 is 10.6 Å². The molecule has 6 nitrogen and oxygen atoms in total. The number of carbonyl (C=O) groups excluding carboxylic acids is 1. The first-order chi connectivity index (χ1) is 10.2. The van der Waals surface area contributed by atoms with E-state index in [2.05, 4.69) is 10.6 Å². The summed E-state index contributed by atoms with van der Waals surface area (Å²) in [6.45, 7) is 5.96. The first kappa shape index (κ1) is 21.9. The molecule has 0 aliphatic carbocycles. The SMILES string of the molecule is CNC(C)CNC(=O)CN(C)S(=O)(=O)c1ccc(C)c(C)c1.Cl. The molecule has 1 atom stereocenters. The first-order valence-electron chi connectivity index (χ1n) is 7.16. The molecule has 23 heavy (non-hydrogen) atoms. The van der Waals surface area contributed by atoms with Gasteiger partial charge >= 0.3 is 0 Å². The van der Waals surface area contributed by atoms with E-state index >= 15 is 0 Å². The molecule has 0 spiro atoms. The summed E-state index contributed by atoms with van der Waals surface area (Å²) in [5, 5.41) is 5.70. The van der Waals surface area contributed by atoms with Gasteiger partial charge in [0.25, 0.3) is 0 Å². The maximum Gasteiger partial charge on any atom is 0.243 e. The van der Waals surface area contributed by atoms with E-state index in [1.807, 2.05) is 20.8 Å². The van der Waals surface area contributed by atoms with Gasteiger partial charge < -0.3 is 10.6 Å². The van der Waals surface area contributed by atoms with Gasteiger partial charge in [0, 0.05) is 19.6 Å². The normalized spacial score (nSPS) is 12.6. The van der Waals surface area contributed by atoms with Crippen LogP contribution in [0.5, 0.6) is 0 Å². The number of rotatable bonds is 7. The predicted molar refractivity (Wildman–Crippen MR) is 94.5 cm³/mol. The molecule has 1 aromatic rings. The molecule has 0 aliphatic rings. The number of aryl methyl sites for hydroxylation is 2. The zero-order valence-corrected chi connectivity index (χ0v) is 15.8. The molecule has 0 aliphatic heterocycles. The molecule has 0 saturated carbocycles. The summed E-state index contributed by atoms with van der Waals surface area (Å²) < 4.78 is 26.0. The zero-order chi connectivity index (χ0) is 16.9. The van der Waals surface area contributed by atoms with Crippen molar-refractivity contribution in [2.75, 3.05) is 27.2 Å². The first-order valence-corrected chi connectivity index (χ1v) is 8.60. The Hall–Kier alpha value is -1.15. The minimum absolute atomic E-state index is 0. The molecule has 132 valence electrons. The number of carbonyl (C=O) groups is 1. The topological polar surface area (TPSA) is 78.5 Å². The Morgan fingerprint density at radius 1 is 1.26 bits per heavy atom. The van der Waals surface area contributed by atoms with Crippen LogP contribution in [-0.4, -0.2) is 51.9 Å². The van der Waals surface area contributed by atoms with Gasteiger partial charge in [-0.2, -0.15) is 4.31 Å². The Bertz CT molecular complexity index is 635. The predicted octanol–water partition coefficient (Wildman–Crippen LogP) is 1.07. The van der Waals surface area contributed by atoms with Gasteiger partial charge in [-0.3, -0.25) is 4.79 Å². The lowest BCUT2D eigenvalue weighted by Crippen LogP contribution is -2.42. The number of likely N-dealkylation sites (N-methyl/N-ethyl adjacent to an activating group) is 2. The van der Waals surface area contributed by atoms with Crippen molar-refractivity contribution in [1.29, 1.82) is 0 Å². The van der Waals surface area contributed by atoms with E-state index in [4.69, 9.17) is 0 Å². The van der Waals surface area contributed by atoms with Gasteiger partial charge in [-0.25, -0.2) is 8.42 Å². The number of hydrogen-bond donors (Lipinski definition) is 2. The molecule has 0 fully saturated rings. The van der Waals surface area contributed by atoms with E-state index in [0.29, 0.717) is 6.54 Å². The van der Waals surface area contributed by atoms with Gasteiger partial charge in [-0.1, -0.05) is 6.07 Å². The van der Waals surface area contributed by atoms with Gasteiger partial charge in [-0.15, -0.1) is 12.4 Å². The summed E-state index contributed by atoms with van der Waals surface area (Å²) in [6.07, 6.45) is 0. The lowest BCUT2D eigenvalue weighted by Gasteiger charge is -2.18. The third-order valence-electron chi connectivity index (χ3n) is 3.65. The van der Waals surface area contributed by atoms with Crippen molar-refractivity contribution < 1.29 is 13.2 Å². The molecule has 0 aromatic heterocycles. The van der Waals surface area contributed by atoms with E-state index < -0.39 is 10.0 Å². The highest BCUT2D eigenvalue weighted by Crippen LogP contribution is 2.17. The molecule has 1 aromatic carbocycles. The molecule has 1 amide bonds. The second-order valence-corrected chi connectivity index (χ2v) is 7.55. The van der Waals surface area contributed by atoms with E-state index in [1.165, 1.54) is 7.05 Å². The molecule has 8 heteroatoms. The van der Waals surface area contributed by atoms with Crippen LogP contribution in [0, 0.1) is 13.8 Å². The van der Waals surface area contributed by atoms with Crippen molar-refractivity contribution in [3.05, 3.63) is 29.3 Å². The second-order valence-electron chi connectivity index (χ2n) is 5.50. The number of nitrogens with zero attached hydrogens (tertiary/aromatic N) is 1. The summed E-state index contributed by atoms with van der Waals surface area (Å²) in [5.41, 5.74) is 1.93. The van der Waals surface area contributed by atoms with E-state index in [0.717, 1.165) is 15.4 Å². The van der Waals surface area contributed by atoms with Crippen LogP contribution in [0.2, 0.25) is 0 Å². The van der Waals surface area contributed by atoms with Gasteiger partial charge in [0.2, 0.25) is 15.9 Å². The Morgan fingerprint density at radius 3 is 2.39 bits per heavy atom. The van der Waals surface area contributed by atoms with Crippen molar-refractivity contribution in [1.82, 2.24) is 14.9 Å². The average molecular weight is 364 g/mol. The van der Waals surface area contributed by atoms with Gasteiger partial charge in [0.15, 0.2) is 0 Å². The molecule has 0 radical (unpaired) electrons. The number of amides is 1. The Labute approximate surface area is 145 Å². The molecule has 1 rings (SSSR count). The van der Waals surface area contributed by atoms with Crippen molar-refractivity contribution in [2.24, 2.45) is 0 Å². The smallest absolute Gasteiger partial charge is 0.243 e. The quantitative estimate of drug-likeness (QED) is 0.759. The van der Waals surface area contributed by atoms with Crippen molar-refractivity contribution in [2.45, 2.75) is 31.7 Å². The standard InChI is InChI=1S/C15H25N3O3S.ClH/c1-11-6-7-14(8-12(11)2)22(20,21)18(5)10-15(19)17-9-13(3)16-4;/h6-8,13,16H,9-10H2,1-5H3,(H,17,19);1H. The second kappa shape index (κ2) is 9.22. The molecule has 0 bridgehead atoms. The fraction of sp³-hybridized carbons (Fsp3) is 0.533. The van der Waals surface area contributed by atoms with Gasteiger partial charge in [0.1, 0.15) is 0 Å². The largest absolute Gasteiger partial charge is 0.353 e. The molecular formula is C15H26ClN3O3S. The average Bonchev–Trinajstić information content (AvgIpc) is 2.47. The summed E-state index contributed by atoms with van der Waals surface area (Å²) >= 11 is 0. The number of benzene rings is 1. The summed E-state index contributed by atoms with van der Waals surface area (Å²) in [7, 11) is -0.453. The molecule has 2 N–H and O–H groups in total. The van der Waals surface area contributed by atoms with E-state index in [9.17, 15) is 13.2 Å². The van der Waals surface area contributed by atoms with Gasteiger partial charge in [0.05, 0.1) is 11.4 Å². The van der Waals surface area contributed by atoms with Crippen LogP contribution in [0.1, 0.15) is 18.1 Å². The van der Waals surface area contributed by atoms with Crippen LogP contribution >= 0.6 is 12.4 Å². The monoisotopic (exact) mass is 363 g/mol. The zero-order valence-electron chi connectivity index (χ0n) is 14.2.